The van der Waals surface area contributed by atoms with Gasteiger partial charge in [-0.2, -0.15) is 0 Å². The topological polar surface area (TPSA) is 61.7 Å². The third kappa shape index (κ3) is 3.62. The molecule has 2 N–H and O–H groups in total. The van der Waals surface area contributed by atoms with Gasteiger partial charge in [0.1, 0.15) is 32.0 Å². The van der Waals surface area contributed by atoms with Crippen LogP contribution in [0.5, 0.6) is 0 Å². The SMILES string of the molecule is C[NH+]1CC[NH+]([C@H](c2ccccc2F)c2nnnn2C[C@@H]2CCCO2)CC1. The number of quaternary nitrogens is 2. The molecule has 2 fully saturated rings. The summed E-state index contributed by atoms with van der Waals surface area (Å²) >= 11 is 0. The molecule has 0 saturated carbocycles. The largest absolute Gasteiger partial charge is 0.376 e. The normalized spacial score (nSPS) is 27.5. The average molecular weight is 362 g/mol. The van der Waals surface area contributed by atoms with Crippen LogP contribution in [0, 0.1) is 5.82 Å². The number of ether oxygens (including phenoxy) is 1. The van der Waals surface area contributed by atoms with E-state index in [1.165, 1.54) is 15.9 Å². The average Bonchev–Trinajstić information content (AvgIpc) is 3.31. The van der Waals surface area contributed by atoms with Gasteiger partial charge in [0.25, 0.3) is 0 Å². The Morgan fingerprint density at radius 2 is 2.08 bits per heavy atom. The minimum atomic E-state index is -0.194. The Morgan fingerprint density at radius 3 is 2.81 bits per heavy atom. The number of tetrazole rings is 1. The van der Waals surface area contributed by atoms with Gasteiger partial charge in [0.15, 0.2) is 6.04 Å². The second-order valence-corrected chi connectivity index (χ2v) is 7.42. The number of piperazine rings is 1. The van der Waals surface area contributed by atoms with Crippen molar-refractivity contribution in [3.05, 3.63) is 41.5 Å². The van der Waals surface area contributed by atoms with Crippen LogP contribution in [-0.4, -0.2) is 66.1 Å². The Bertz CT molecular complexity index is 724. The maximum Gasteiger partial charge on any atom is 0.214 e. The molecule has 4 rings (SSSR count). The van der Waals surface area contributed by atoms with Gasteiger partial charge in [0.05, 0.1) is 25.3 Å². The highest BCUT2D eigenvalue weighted by atomic mass is 19.1. The summed E-state index contributed by atoms with van der Waals surface area (Å²) in [6, 6.07) is 6.82. The van der Waals surface area contributed by atoms with E-state index in [-0.39, 0.29) is 18.0 Å². The predicted octanol–water partition coefficient (Wildman–Crippen LogP) is -1.51. The fourth-order valence-corrected chi connectivity index (χ4v) is 4.07. The lowest BCUT2D eigenvalue weighted by atomic mass is 10.0. The summed E-state index contributed by atoms with van der Waals surface area (Å²) in [6.07, 6.45) is 2.24. The molecule has 0 unspecified atom stereocenters. The Labute approximate surface area is 152 Å². The van der Waals surface area contributed by atoms with Crippen molar-refractivity contribution in [1.82, 2.24) is 20.2 Å². The number of halogens is 1. The van der Waals surface area contributed by atoms with E-state index in [0.29, 0.717) is 12.1 Å². The van der Waals surface area contributed by atoms with E-state index in [9.17, 15) is 4.39 Å². The molecule has 7 nitrogen and oxygen atoms in total. The van der Waals surface area contributed by atoms with Crippen LogP contribution in [0.1, 0.15) is 30.3 Å². The number of likely N-dealkylation sites (N-methyl/N-ethyl adjacent to an activating group) is 1. The van der Waals surface area contributed by atoms with Crippen LogP contribution < -0.4 is 9.80 Å². The van der Waals surface area contributed by atoms with E-state index >= 15 is 0 Å². The number of rotatable bonds is 5. The molecule has 2 aliphatic rings. The second kappa shape index (κ2) is 7.77. The number of nitrogens with one attached hydrogen (secondary N) is 2. The first-order valence-corrected chi connectivity index (χ1v) is 9.50. The number of benzene rings is 1. The third-order valence-corrected chi connectivity index (χ3v) is 5.59. The van der Waals surface area contributed by atoms with E-state index < -0.39 is 0 Å². The van der Waals surface area contributed by atoms with Gasteiger partial charge in [0, 0.05) is 6.61 Å². The van der Waals surface area contributed by atoms with Crippen molar-refractivity contribution in [3.8, 4) is 0 Å². The lowest BCUT2D eigenvalue weighted by Crippen LogP contribution is -3.27. The molecule has 26 heavy (non-hydrogen) atoms. The standard InChI is InChI=1S/C18H25FN6O/c1-23-8-10-24(11-9-23)17(15-6-2-3-7-16(15)19)18-20-21-22-25(18)13-14-5-4-12-26-14/h2-3,6-7,14,17H,4-5,8-13H2,1H3/p+2/t14-,17+/m0/s1. The zero-order valence-corrected chi connectivity index (χ0v) is 15.2. The monoisotopic (exact) mass is 362 g/mol. The summed E-state index contributed by atoms with van der Waals surface area (Å²) in [4.78, 5) is 2.84. The van der Waals surface area contributed by atoms with Gasteiger partial charge in [-0.3, -0.25) is 0 Å². The molecular formula is C18H27FN6O+2. The molecule has 3 heterocycles. The van der Waals surface area contributed by atoms with Crippen molar-refractivity contribution >= 4 is 0 Å². The maximum atomic E-state index is 14.7. The quantitative estimate of drug-likeness (QED) is 0.679. The molecule has 140 valence electrons. The molecule has 2 atom stereocenters. The van der Waals surface area contributed by atoms with Gasteiger partial charge in [-0.15, -0.1) is 5.10 Å². The van der Waals surface area contributed by atoms with Gasteiger partial charge >= 0.3 is 0 Å². The fourth-order valence-electron chi connectivity index (χ4n) is 4.07. The van der Waals surface area contributed by atoms with E-state index in [0.717, 1.165) is 51.5 Å². The molecule has 2 aliphatic heterocycles. The highest BCUT2D eigenvalue weighted by Crippen LogP contribution is 2.21. The number of hydrogen-bond donors (Lipinski definition) is 2. The van der Waals surface area contributed by atoms with Gasteiger partial charge < -0.3 is 14.5 Å². The smallest absolute Gasteiger partial charge is 0.214 e. The molecule has 0 amide bonds. The highest BCUT2D eigenvalue weighted by Gasteiger charge is 2.36. The summed E-state index contributed by atoms with van der Waals surface area (Å²) < 4.78 is 22.3. The Balaban J connectivity index is 1.67. The lowest BCUT2D eigenvalue weighted by Gasteiger charge is -2.33. The molecule has 1 aromatic carbocycles. The van der Waals surface area contributed by atoms with Gasteiger partial charge in [0.2, 0.25) is 5.82 Å². The fraction of sp³-hybridized carbons (Fsp3) is 0.611. The zero-order chi connectivity index (χ0) is 17.9. The maximum absolute atomic E-state index is 14.7. The van der Waals surface area contributed by atoms with Crippen LogP contribution in [0.4, 0.5) is 4.39 Å². The van der Waals surface area contributed by atoms with Gasteiger partial charge in [-0.1, -0.05) is 12.1 Å². The number of nitrogens with zero attached hydrogens (tertiary/aromatic N) is 4. The molecule has 0 spiro atoms. The molecule has 0 bridgehead atoms. The minimum absolute atomic E-state index is 0.144. The molecule has 8 heteroatoms. The van der Waals surface area contributed by atoms with E-state index in [1.807, 2.05) is 16.8 Å². The third-order valence-electron chi connectivity index (χ3n) is 5.59. The summed E-state index contributed by atoms with van der Waals surface area (Å²) in [6.45, 7) is 5.49. The van der Waals surface area contributed by atoms with Crippen LogP contribution in [0.3, 0.4) is 0 Å². The van der Waals surface area contributed by atoms with Crippen LogP contribution in [0.25, 0.3) is 0 Å². The molecule has 0 aliphatic carbocycles. The highest BCUT2D eigenvalue weighted by molar-refractivity contribution is 5.24. The van der Waals surface area contributed by atoms with Crippen LogP contribution in [0.15, 0.2) is 24.3 Å². The van der Waals surface area contributed by atoms with Gasteiger partial charge in [-0.25, -0.2) is 9.07 Å². The Hall–Kier alpha value is -1.90. The molecule has 2 saturated heterocycles. The molecule has 0 radical (unpaired) electrons. The first-order valence-electron chi connectivity index (χ1n) is 9.50. The van der Waals surface area contributed by atoms with Crippen molar-refractivity contribution in [2.75, 3.05) is 39.8 Å². The Morgan fingerprint density at radius 1 is 1.27 bits per heavy atom. The summed E-state index contributed by atoms with van der Waals surface area (Å²) in [7, 11) is 2.20. The lowest BCUT2D eigenvalue weighted by molar-refractivity contribution is -1.02. The number of aromatic nitrogens is 4. The molecular weight excluding hydrogens is 335 g/mol. The first-order chi connectivity index (χ1) is 12.7. The van der Waals surface area contributed by atoms with E-state index in [4.69, 9.17) is 4.74 Å². The predicted molar refractivity (Wildman–Crippen MR) is 92.4 cm³/mol. The van der Waals surface area contributed by atoms with Crippen molar-refractivity contribution in [2.24, 2.45) is 0 Å². The summed E-state index contributed by atoms with van der Waals surface area (Å²) in [5.41, 5.74) is 0.672. The van der Waals surface area contributed by atoms with Crippen molar-refractivity contribution < 1.29 is 18.9 Å². The van der Waals surface area contributed by atoms with E-state index in [1.54, 1.807) is 6.07 Å². The van der Waals surface area contributed by atoms with Crippen molar-refractivity contribution in [1.29, 1.82) is 0 Å². The second-order valence-electron chi connectivity index (χ2n) is 7.42. The summed E-state index contributed by atoms with van der Waals surface area (Å²) in [5.74, 6) is 0.545. The van der Waals surface area contributed by atoms with Crippen LogP contribution >= 0.6 is 0 Å². The van der Waals surface area contributed by atoms with Crippen LogP contribution in [-0.2, 0) is 11.3 Å². The van der Waals surface area contributed by atoms with E-state index in [2.05, 4.69) is 22.6 Å². The van der Waals surface area contributed by atoms with Crippen molar-refractivity contribution in [3.63, 3.8) is 0 Å². The minimum Gasteiger partial charge on any atom is -0.376 e. The van der Waals surface area contributed by atoms with Crippen molar-refractivity contribution in [2.45, 2.75) is 31.5 Å². The van der Waals surface area contributed by atoms with Gasteiger partial charge in [-0.05, 0) is 35.4 Å². The Kier molecular flexibility index (Phi) is 5.23. The van der Waals surface area contributed by atoms with Crippen LogP contribution in [0.2, 0.25) is 0 Å². The first kappa shape index (κ1) is 17.5. The zero-order valence-electron chi connectivity index (χ0n) is 15.2. The summed E-state index contributed by atoms with van der Waals surface area (Å²) in [5, 5.41) is 12.4. The number of hydrogen-bond acceptors (Lipinski definition) is 4. The molecule has 1 aromatic heterocycles. The molecule has 2 aromatic rings.